The highest BCUT2D eigenvalue weighted by Crippen LogP contribution is 2.28. The summed E-state index contributed by atoms with van der Waals surface area (Å²) in [5.41, 5.74) is 5.65. The molecule has 0 saturated carbocycles. The summed E-state index contributed by atoms with van der Waals surface area (Å²) in [7, 11) is -2.53. The van der Waals surface area contributed by atoms with Crippen LogP contribution >= 0.6 is 0 Å². The van der Waals surface area contributed by atoms with Crippen LogP contribution in [0.4, 0.5) is 0 Å². The molecule has 0 aromatic heterocycles. The van der Waals surface area contributed by atoms with Crippen molar-refractivity contribution in [3.8, 4) is 0 Å². The molecule has 0 bridgehead atoms. The number of benzene rings is 1. The van der Waals surface area contributed by atoms with Gasteiger partial charge in [0.1, 0.15) is 0 Å². The topological polar surface area (TPSA) is 130 Å². The van der Waals surface area contributed by atoms with Gasteiger partial charge in [0.15, 0.2) is 0 Å². The van der Waals surface area contributed by atoms with Crippen LogP contribution in [0.25, 0.3) is 0 Å². The Labute approximate surface area is 157 Å². The first kappa shape index (κ1) is 19.5. The van der Waals surface area contributed by atoms with Crippen LogP contribution in [-0.4, -0.2) is 68.6 Å². The lowest BCUT2D eigenvalue weighted by molar-refractivity contribution is -0.126. The van der Waals surface area contributed by atoms with Gasteiger partial charge in [0.25, 0.3) is 11.8 Å². The second-order valence-corrected chi connectivity index (χ2v) is 8.60. The monoisotopic (exact) mass is 394 g/mol. The molecule has 1 aromatic rings. The average Bonchev–Trinajstić information content (AvgIpc) is 2.90. The molecular formula is C17H22N4O5S. The molecule has 10 heteroatoms. The Morgan fingerprint density at radius 2 is 1.96 bits per heavy atom. The molecule has 1 aromatic carbocycles. The molecule has 0 spiro atoms. The first-order chi connectivity index (χ1) is 12.8. The lowest BCUT2D eigenvalue weighted by Gasteiger charge is -2.31. The maximum Gasteiger partial charge on any atom is 0.261 e. The van der Waals surface area contributed by atoms with E-state index in [2.05, 4.69) is 5.32 Å². The zero-order chi connectivity index (χ0) is 19.8. The van der Waals surface area contributed by atoms with Crippen LogP contribution in [-0.2, 0) is 14.8 Å². The Balaban J connectivity index is 1.84. The Morgan fingerprint density at radius 1 is 1.26 bits per heavy atom. The minimum Gasteiger partial charge on any atom is -0.355 e. The third kappa shape index (κ3) is 3.47. The van der Waals surface area contributed by atoms with Gasteiger partial charge in [0, 0.05) is 33.2 Å². The molecule has 3 rings (SSSR count). The maximum absolute atomic E-state index is 13.0. The Morgan fingerprint density at radius 3 is 2.67 bits per heavy atom. The minimum atomic E-state index is -3.88. The van der Waals surface area contributed by atoms with Gasteiger partial charge in [0.2, 0.25) is 15.9 Å². The fraction of sp³-hybridized carbons (Fsp3) is 0.471. The number of nitrogens with zero attached hydrogens (tertiary/aromatic N) is 2. The summed E-state index contributed by atoms with van der Waals surface area (Å²) in [5.74, 6) is -1.63. The van der Waals surface area contributed by atoms with E-state index in [0.29, 0.717) is 32.5 Å². The van der Waals surface area contributed by atoms with E-state index in [-0.39, 0.29) is 28.5 Å². The van der Waals surface area contributed by atoms with Crippen molar-refractivity contribution < 1.29 is 22.8 Å². The summed E-state index contributed by atoms with van der Waals surface area (Å²) in [5, 5.41) is 2.69. The van der Waals surface area contributed by atoms with Crippen molar-refractivity contribution in [1.82, 2.24) is 14.5 Å². The highest BCUT2D eigenvalue weighted by molar-refractivity contribution is 7.89. The summed E-state index contributed by atoms with van der Waals surface area (Å²) in [6, 6.07) is 3.93. The maximum atomic E-state index is 13.0. The molecule has 1 saturated heterocycles. The molecule has 1 atom stereocenters. The van der Waals surface area contributed by atoms with Crippen molar-refractivity contribution >= 4 is 27.7 Å². The summed E-state index contributed by atoms with van der Waals surface area (Å²) in [4.78, 5) is 37.2. The van der Waals surface area contributed by atoms with Crippen molar-refractivity contribution in [2.45, 2.75) is 17.7 Å². The predicted molar refractivity (Wildman–Crippen MR) is 96.4 cm³/mol. The number of nitrogens with one attached hydrogen (secondary N) is 1. The first-order valence-corrected chi connectivity index (χ1v) is 10.2. The summed E-state index contributed by atoms with van der Waals surface area (Å²) >= 11 is 0. The van der Waals surface area contributed by atoms with Gasteiger partial charge in [-0.1, -0.05) is 0 Å². The predicted octanol–water partition coefficient (Wildman–Crippen LogP) is -0.612. The molecule has 3 N–H and O–H groups in total. The van der Waals surface area contributed by atoms with Crippen molar-refractivity contribution in [2.24, 2.45) is 11.7 Å². The van der Waals surface area contributed by atoms with Crippen molar-refractivity contribution in [2.75, 3.05) is 33.2 Å². The third-order valence-corrected chi connectivity index (χ3v) is 6.76. The van der Waals surface area contributed by atoms with E-state index in [4.69, 9.17) is 5.73 Å². The smallest absolute Gasteiger partial charge is 0.261 e. The zero-order valence-electron chi connectivity index (χ0n) is 15.0. The Bertz CT molecular complexity index is 899. The van der Waals surface area contributed by atoms with Gasteiger partial charge in [-0.05, 0) is 31.0 Å². The molecule has 2 aliphatic heterocycles. The van der Waals surface area contributed by atoms with Gasteiger partial charge < -0.3 is 11.1 Å². The second kappa shape index (κ2) is 7.37. The van der Waals surface area contributed by atoms with Crippen LogP contribution in [0.5, 0.6) is 0 Å². The molecule has 146 valence electrons. The third-order valence-electron chi connectivity index (χ3n) is 4.90. The van der Waals surface area contributed by atoms with Gasteiger partial charge in [0.05, 0.1) is 21.9 Å². The van der Waals surface area contributed by atoms with Gasteiger partial charge in [-0.3, -0.25) is 19.3 Å². The molecule has 1 unspecified atom stereocenters. The number of rotatable bonds is 5. The number of amides is 3. The van der Waals surface area contributed by atoms with E-state index in [1.807, 2.05) is 0 Å². The number of carbonyl (C=O) groups excluding carboxylic acids is 3. The number of hydrogen-bond donors (Lipinski definition) is 2. The lowest BCUT2D eigenvalue weighted by atomic mass is 9.99. The molecular weight excluding hydrogens is 372 g/mol. The number of carbonyl (C=O) groups is 3. The number of imide groups is 1. The van der Waals surface area contributed by atoms with E-state index < -0.39 is 27.8 Å². The quantitative estimate of drug-likeness (QED) is 0.641. The molecule has 0 aliphatic carbocycles. The molecule has 0 radical (unpaired) electrons. The van der Waals surface area contributed by atoms with E-state index in [1.54, 1.807) is 0 Å². The number of fused-ring (bicyclic) bond motifs is 1. The normalized spacial score (nSPS) is 20.7. The van der Waals surface area contributed by atoms with E-state index in [0.717, 1.165) is 4.90 Å². The van der Waals surface area contributed by atoms with E-state index in [9.17, 15) is 22.8 Å². The van der Waals surface area contributed by atoms with Gasteiger partial charge in [-0.2, -0.15) is 4.31 Å². The number of sulfonamides is 1. The van der Waals surface area contributed by atoms with E-state index >= 15 is 0 Å². The highest BCUT2D eigenvalue weighted by Gasteiger charge is 2.37. The second-order valence-electron chi connectivity index (χ2n) is 6.66. The average molecular weight is 394 g/mol. The molecule has 2 heterocycles. The van der Waals surface area contributed by atoms with Crippen LogP contribution < -0.4 is 11.1 Å². The van der Waals surface area contributed by atoms with Crippen molar-refractivity contribution in [3.63, 3.8) is 0 Å². The van der Waals surface area contributed by atoms with Crippen molar-refractivity contribution in [3.05, 3.63) is 29.3 Å². The zero-order valence-corrected chi connectivity index (χ0v) is 15.8. The summed E-state index contributed by atoms with van der Waals surface area (Å²) < 4.78 is 27.3. The first-order valence-electron chi connectivity index (χ1n) is 8.71. The minimum absolute atomic E-state index is 0.0549. The highest BCUT2D eigenvalue weighted by atomic mass is 32.2. The largest absolute Gasteiger partial charge is 0.355 e. The van der Waals surface area contributed by atoms with Crippen LogP contribution in [0.3, 0.4) is 0 Å². The molecule has 1 fully saturated rings. The molecule has 27 heavy (non-hydrogen) atoms. The summed E-state index contributed by atoms with van der Waals surface area (Å²) in [6.45, 7) is 1.03. The molecule has 2 aliphatic rings. The van der Waals surface area contributed by atoms with Crippen molar-refractivity contribution in [1.29, 1.82) is 0 Å². The van der Waals surface area contributed by atoms with E-state index in [1.165, 1.54) is 29.6 Å². The number of hydrogen-bond acceptors (Lipinski definition) is 6. The Hall–Kier alpha value is -2.30. The Kier molecular flexibility index (Phi) is 5.31. The van der Waals surface area contributed by atoms with Crippen LogP contribution in [0.1, 0.15) is 33.6 Å². The van der Waals surface area contributed by atoms with Gasteiger partial charge in [-0.25, -0.2) is 8.42 Å². The molecule has 3 amide bonds. The van der Waals surface area contributed by atoms with Gasteiger partial charge >= 0.3 is 0 Å². The van der Waals surface area contributed by atoms with Crippen LogP contribution in [0.15, 0.2) is 23.1 Å². The SMILES string of the molecule is CN1C(=O)c2ccc(S(=O)(=O)N3CCCC(C(=O)NCCN)C3)cc2C1=O. The van der Waals surface area contributed by atoms with Gasteiger partial charge in [-0.15, -0.1) is 0 Å². The standard InChI is InChI=1S/C17H22N4O5S/c1-20-16(23)13-5-4-12(9-14(13)17(20)24)27(25,26)21-8-2-3-11(10-21)15(22)19-7-6-18/h4-5,9,11H,2-3,6-8,10,18H2,1H3,(H,19,22). The fourth-order valence-corrected chi connectivity index (χ4v) is 4.91. The number of piperidine rings is 1. The fourth-order valence-electron chi connectivity index (χ4n) is 3.36. The summed E-state index contributed by atoms with van der Waals surface area (Å²) in [6.07, 6.45) is 1.16. The number of nitrogens with two attached hydrogens (primary N) is 1. The van der Waals surface area contributed by atoms with Crippen LogP contribution in [0, 0.1) is 5.92 Å². The lowest BCUT2D eigenvalue weighted by Crippen LogP contribution is -2.46. The van der Waals surface area contributed by atoms with Crippen LogP contribution in [0.2, 0.25) is 0 Å². The molecule has 9 nitrogen and oxygen atoms in total.